The molecule has 152 valence electrons. The van der Waals surface area contributed by atoms with Gasteiger partial charge in [-0.25, -0.2) is 0 Å². The number of aryl methyl sites for hydroxylation is 1. The highest BCUT2D eigenvalue weighted by Crippen LogP contribution is 2.30. The van der Waals surface area contributed by atoms with Crippen molar-refractivity contribution in [3.05, 3.63) is 59.2 Å². The molecule has 6 nitrogen and oxygen atoms in total. The Morgan fingerprint density at radius 3 is 2.53 bits per heavy atom. The molecular weight excluding hydrogens is 400 g/mol. The molecule has 30 heavy (non-hydrogen) atoms. The van der Waals surface area contributed by atoms with E-state index in [2.05, 4.69) is 11.2 Å². The average molecular weight is 420 g/mol. The zero-order chi connectivity index (χ0) is 21.7. The first-order valence-corrected chi connectivity index (χ1v) is 9.64. The summed E-state index contributed by atoms with van der Waals surface area (Å²) in [6.07, 6.45) is 7.58. The number of thiocarbonyl (C=S) groups is 1. The van der Waals surface area contributed by atoms with Crippen LogP contribution in [0.1, 0.15) is 18.1 Å². The highest BCUT2D eigenvalue weighted by atomic mass is 32.1. The molecule has 1 aliphatic rings. The third-order valence-electron chi connectivity index (χ3n) is 4.51. The van der Waals surface area contributed by atoms with E-state index in [-0.39, 0.29) is 17.3 Å². The molecule has 0 radical (unpaired) electrons. The standard InChI is InChI=1S/C23H20N2O4S/c1-4-12-29-19-11-8-16(14-20(19)28-3)13-18-21(26)24-23(30)25(22(18)27)17-9-6-15(5-2)7-10-17/h1,6-11,13-14H,5,12H2,2-3H3,(H,24,26,30)/b18-13+. The number of ether oxygens (including phenoxy) is 2. The molecule has 0 aliphatic carbocycles. The van der Waals surface area contributed by atoms with Crippen LogP contribution in [0.25, 0.3) is 6.08 Å². The van der Waals surface area contributed by atoms with E-state index < -0.39 is 11.8 Å². The maximum absolute atomic E-state index is 13.1. The molecule has 3 rings (SSSR count). The molecule has 1 N–H and O–H groups in total. The van der Waals surface area contributed by atoms with Gasteiger partial charge >= 0.3 is 0 Å². The predicted molar refractivity (Wildman–Crippen MR) is 119 cm³/mol. The molecule has 0 atom stereocenters. The minimum absolute atomic E-state index is 0.0393. The first kappa shape index (κ1) is 21.1. The molecule has 2 aromatic carbocycles. The molecule has 7 heteroatoms. The van der Waals surface area contributed by atoms with Crippen molar-refractivity contribution in [3.63, 3.8) is 0 Å². The first-order valence-electron chi connectivity index (χ1n) is 9.23. The lowest BCUT2D eigenvalue weighted by molar-refractivity contribution is -0.122. The molecule has 0 saturated carbocycles. The number of hydrogen-bond donors (Lipinski definition) is 1. The van der Waals surface area contributed by atoms with Gasteiger partial charge in [-0.1, -0.05) is 31.0 Å². The van der Waals surface area contributed by atoms with Crippen molar-refractivity contribution in [1.29, 1.82) is 0 Å². The molecule has 1 aliphatic heterocycles. The normalized spacial score (nSPS) is 15.0. The molecule has 1 fully saturated rings. The van der Waals surface area contributed by atoms with Crippen LogP contribution >= 0.6 is 12.2 Å². The quantitative estimate of drug-likeness (QED) is 0.337. The van der Waals surface area contributed by atoms with E-state index in [4.69, 9.17) is 28.1 Å². The van der Waals surface area contributed by atoms with E-state index in [0.29, 0.717) is 22.7 Å². The summed E-state index contributed by atoms with van der Waals surface area (Å²) in [6, 6.07) is 12.5. The average Bonchev–Trinajstić information content (AvgIpc) is 2.75. The highest BCUT2D eigenvalue weighted by Gasteiger charge is 2.34. The molecule has 2 aromatic rings. The number of nitrogens with zero attached hydrogens (tertiary/aromatic N) is 1. The van der Waals surface area contributed by atoms with Crippen LogP contribution in [-0.2, 0) is 16.0 Å². The maximum atomic E-state index is 13.1. The van der Waals surface area contributed by atoms with E-state index in [0.717, 1.165) is 12.0 Å². The number of rotatable bonds is 6. The monoisotopic (exact) mass is 420 g/mol. The summed E-state index contributed by atoms with van der Waals surface area (Å²) in [7, 11) is 1.49. The zero-order valence-electron chi connectivity index (χ0n) is 16.6. The molecule has 0 aromatic heterocycles. The fraction of sp³-hybridized carbons (Fsp3) is 0.174. The lowest BCUT2D eigenvalue weighted by atomic mass is 10.1. The fourth-order valence-electron chi connectivity index (χ4n) is 2.95. The lowest BCUT2D eigenvalue weighted by Crippen LogP contribution is -2.54. The number of terminal acetylenes is 1. The Kier molecular flexibility index (Phi) is 6.50. The second kappa shape index (κ2) is 9.25. The highest BCUT2D eigenvalue weighted by molar-refractivity contribution is 7.80. The topological polar surface area (TPSA) is 67.9 Å². The van der Waals surface area contributed by atoms with Gasteiger partial charge in [-0.05, 0) is 60.1 Å². The van der Waals surface area contributed by atoms with Gasteiger partial charge in [0.2, 0.25) is 0 Å². The van der Waals surface area contributed by atoms with Gasteiger partial charge in [0.1, 0.15) is 12.2 Å². The Bertz CT molecular complexity index is 1070. The van der Waals surface area contributed by atoms with Crippen molar-refractivity contribution < 1.29 is 19.1 Å². The summed E-state index contributed by atoms with van der Waals surface area (Å²) in [5.74, 6) is 2.23. The second-order valence-corrected chi connectivity index (χ2v) is 6.77. The van der Waals surface area contributed by atoms with Crippen LogP contribution in [0.4, 0.5) is 5.69 Å². The summed E-state index contributed by atoms with van der Waals surface area (Å²) in [5.41, 5.74) is 2.27. The number of anilines is 1. The van der Waals surface area contributed by atoms with Crippen LogP contribution in [0.3, 0.4) is 0 Å². The third-order valence-corrected chi connectivity index (χ3v) is 4.80. The zero-order valence-corrected chi connectivity index (χ0v) is 17.4. The first-order chi connectivity index (χ1) is 14.5. The molecule has 1 saturated heterocycles. The number of benzene rings is 2. The van der Waals surface area contributed by atoms with Crippen molar-refractivity contribution in [2.75, 3.05) is 18.6 Å². The summed E-state index contributed by atoms with van der Waals surface area (Å²) in [5, 5.41) is 2.62. The van der Waals surface area contributed by atoms with Crippen molar-refractivity contribution >= 4 is 40.9 Å². The minimum atomic E-state index is -0.557. The summed E-state index contributed by atoms with van der Waals surface area (Å²) < 4.78 is 10.7. The van der Waals surface area contributed by atoms with E-state index in [1.165, 1.54) is 18.1 Å². The van der Waals surface area contributed by atoms with Gasteiger partial charge in [0.25, 0.3) is 11.8 Å². The Morgan fingerprint density at radius 1 is 1.17 bits per heavy atom. The number of carbonyl (C=O) groups is 2. The Morgan fingerprint density at radius 2 is 1.90 bits per heavy atom. The van der Waals surface area contributed by atoms with E-state index >= 15 is 0 Å². The smallest absolute Gasteiger partial charge is 0.270 e. The maximum Gasteiger partial charge on any atom is 0.270 e. The van der Waals surface area contributed by atoms with Gasteiger partial charge in [-0.2, -0.15) is 0 Å². The molecular formula is C23H20N2O4S. The van der Waals surface area contributed by atoms with Crippen molar-refractivity contribution in [2.45, 2.75) is 13.3 Å². The van der Waals surface area contributed by atoms with Crippen LogP contribution < -0.4 is 19.7 Å². The number of nitrogens with one attached hydrogen (secondary N) is 1. The van der Waals surface area contributed by atoms with E-state index in [1.807, 2.05) is 19.1 Å². The van der Waals surface area contributed by atoms with Crippen molar-refractivity contribution in [1.82, 2.24) is 5.32 Å². The van der Waals surface area contributed by atoms with Gasteiger partial charge in [0, 0.05) is 0 Å². The number of amides is 2. The van der Waals surface area contributed by atoms with Crippen molar-refractivity contribution in [2.24, 2.45) is 0 Å². The molecule has 0 spiro atoms. The Balaban J connectivity index is 1.95. The van der Waals surface area contributed by atoms with Gasteiger partial charge in [0.05, 0.1) is 12.8 Å². The minimum Gasteiger partial charge on any atom is -0.493 e. The fourth-order valence-corrected chi connectivity index (χ4v) is 3.23. The molecule has 0 bridgehead atoms. The lowest BCUT2D eigenvalue weighted by Gasteiger charge is -2.29. The van der Waals surface area contributed by atoms with Crippen LogP contribution in [0.2, 0.25) is 0 Å². The SMILES string of the molecule is C#CCOc1ccc(/C=C2\C(=O)NC(=S)N(c3ccc(CC)cc3)C2=O)cc1OC. The third kappa shape index (κ3) is 4.34. The summed E-state index contributed by atoms with van der Waals surface area (Å²) >= 11 is 5.23. The van der Waals surface area contributed by atoms with E-state index in [9.17, 15) is 9.59 Å². The van der Waals surface area contributed by atoms with Crippen LogP contribution in [0, 0.1) is 12.3 Å². The van der Waals surface area contributed by atoms with Crippen LogP contribution in [0.5, 0.6) is 11.5 Å². The van der Waals surface area contributed by atoms with Gasteiger partial charge < -0.3 is 9.47 Å². The summed E-state index contributed by atoms with van der Waals surface area (Å²) in [4.78, 5) is 26.9. The van der Waals surface area contributed by atoms with Gasteiger partial charge in [-0.15, -0.1) is 6.42 Å². The molecule has 0 unspecified atom stereocenters. The summed E-state index contributed by atoms with van der Waals surface area (Å²) in [6.45, 7) is 2.14. The van der Waals surface area contributed by atoms with Gasteiger partial charge in [0.15, 0.2) is 16.6 Å². The largest absolute Gasteiger partial charge is 0.493 e. The second-order valence-electron chi connectivity index (χ2n) is 6.38. The molecule has 2 amide bonds. The van der Waals surface area contributed by atoms with Crippen LogP contribution in [0.15, 0.2) is 48.0 Å². The van der Waals surface area contributed by atoms with E-state index in [1.54, 1.807) is 30.3 Å². The predicted octanol–water partition coefficient (Wildman–Crippen LogP) is 3.10. The Hall–Kier alpha value is -3.63. The molecule has 1 heterocycles. The number of carbonyl (C=O) groups excluding carboxylic acids is 2. The number of methoxy groups -OCH3 is 1. The van der Waals surface area contributed by atoms with Crippen molar-refractivity contribution in [3.8, 4) is 23.8 Å². The van der Waals surface area contributed by atoms with Crippen LogP contribution in [-0.4, -0.2) is 30.6 Å². The number of hydrogen-bond acceptors (Lipinski definition) is 5. The Labute approximate surface area is 180 Å². The van der Waals surface area contributed by atoms with Gasteiger partial charge in [-0.3, -0.25) is 19.8 Å².